The minimum Gasteiger partial charge on any atom is -0.319 e. The van der Waals surface area contributed by atoms with E-state index in [4.69, 9.17) is 0 Å². The molecule has 0 unspecified atom stereocenters. The van der Waals surface area contributed by atoms with Gasteiger partial charge in [-0.1, -0.05) is 42.5 Å². The number of halogens is 1. The number of benzene rings is 2. The van der Waals surface area contributed by atoms with Gasteiger partial charge in [0.2, 0.25) is 0 Å². The zero-order valence-electron chi connectivity index (χ0n) is 8.86. The molecule has 1 N–H and O–H groups in total. The second kappa shape index (κ2) is 5.74. The molecule has 15 heavy (non-hydrogen) atoms. The van der Waals surface area contributed by atoms with Crippen LogP contribution in [0.4, 0.5) is 0 Å². The number of hydrogen-bond donors (Lipinski definition) is 1. The van der Waals surface area contributed by atoms with Crippen molar-refractivity contribution in [1.82, 2.24) is 5.32 Å². The first-order valence-corrected chi connectivity index (χ1v) is 5.02. The van der Waals surface area contributed by atoms with Gasteiger partial charge in [0, 0.05) is 0 Å². The molecular formula is C13H16ClN. The first-order valence-electron chi connectivity index (χ1n) is 5.02. The molecule has 80 valence electrons. The molecular weight excluding hydrogens is 206 g/mol. The molecule has 0 amide bonds. The third kappa shape index (κ3) is 2.95. The van der Waals surface area contributed by atoms with E-state index < -0.39 is 0 Å². The van der Waals surface area contributed by atoms with Crippen LogP contribution in [0, 0.1) is 0 Å². The fraction of sp³-hybridized carbons (Fsp3) is 0.231. The van der Waals surface area contributed by atoms with Gasteiger partial charge in [0.1, 0.15) is 0 Å². The van der Waals surface area contributed by atoms with E-state index >= 15 is 0 Å². The van der Waals surface area contributed by atoms with Crippen LogP contribution in [0.25, 0.3) is 10.8 Å². The summed E-state index contributed by atoms with van der Waals surface area (Å²) in [4.78, 5) is 0. The van der Waals surface area contributed by atoms with Gasteiger partial charge in [0.15, 0.2) is 0 Å². The van der Waals surface area contributed by atoms with Crippen molar-refractivity contribution in [2.45, 2.75) is 6.42 Å². The molecule has 0 saturated carbocycles. The molecule has 2 rings (SSSR count). The standard InChI is InChI=1S/C13H15N.ClH/c1-14-9-8-11-6-7-12-4-2-3-5-13(12)10-11;/h2-7,10,14H,8-9H2,1H3;1H. The maximum Gasteiger partial charge on any atom is -0.00114 e. The Balaban J connectivity index is 0.00000112. The fourth-order valence-electron chi connectivity index (χ4n) is 1.66. The molecule has 0 aromatic heterocycles. The number of rotatable bonds is 3. The van der Waals surface area contributed by atoms with Gasteiger partial charge in [-0.15, -0.1) is 12.4 Å². The number of likely N-dealkylation sites (N-methyl/N-ethyl adjacent to an activating group) is 1. The molecule has 0 aliphatic carbocycles. The van der Waals surface area contributed by atoms with Crippen LogP contribution >= 0.6 is 12.4 Å². The van der Waals surface area contributed by atoms with Crippen LogP contribution in [0.15, 0.2) is 42.5 Å². The van der Waals surface area contributed by atoms with Crippen LogP contribution in [0.1, 0.15) is 5.56 Å². The van der Waals surface area contributed by atoms with Crippen molar-refractivity contribution < 1.29 is 0 Å². The summed E-state index contributed by atoms with van der Waals surface area (Å²) in [6, 6.07) is 15.2. The van der Waals surface area contributed by atoms with Crippen molar-refractivity contribution >= 4 is 23.2 Å². The van der Waals surface area contributed by atoms with Gasteiger partial charge >= 0.3 is 0 Å². The maximum atomic E-state index is 3.16. The SMILES string of the molecule is CNCCc1ccc2ccccc2c1.Cl. The van der Waals surface area contributed by atoms with Crippen molar-refractivity contribution in [2.75, 3.05) is 13.6 Å². The molecule has 0 atom stereocenters. The summed E-state index contributed by atoms with van der Waals surface area (Å²) in [6.07, 6.45) is 1.10. The van der Waals surface area contributed by atoms with Crippen LogP contribution < -0.4 is 5.32 Å². The normalized spacial score (nSPS) is 9.93. The van der Waals surface area contributed by atoms with Gasteiger partial charge in [0.25, 0.3) is 0 Å². The maximum absolute atomic E-state index is 3.16. The third-order valence-corrected chi connectivity index (χ3v) is 2.48. The summed E-state index contributed by atoms with van der Waals surface area (Å²) in [5.41, 5.74) is 1.40. The fourth-order valence-corrected chi connectivity index (χ4v) is 1.66. The zero-order valence-corrected chi connectivity index (χ0v) is 9.68. The van der Waals surface area contributed by atoms with E-state index in [1.807, 2.05) is 7.05 Å². The lowest BCUT2D eigenvalue weighted by molar-refractivity contribution is 0.792. The molecule has 0 aliphatic heterocycles. The lowest BCUT2D eigenvalue weighted by Crippen LogP contribution is -2.10. The Kier molecular flexibility index (Phi) is 4.60. The van der Waals surface area contributed by atoms with Crippen LogP contribution in [-0.4, -0.2) is 13.6 Å². The summed E-state index contributed by atoms with van der Waals surface area (Å²) in [5, 5.41) is 5.82. The van der Waals surface area contributed by atoms with Crippen LogP contribution in [0.2, 0.25) is 0 Å². The second-order valence-electron chi connectivity index (χ2n) is 3.54. The van der Waals surface area contributed by atoms with E-state index in [0.717, 1.165) is 13.0 Å². The Hall–Kier alpha value is -1.05. The highest BCUT2D eigenvalue weighted by Gasteiger charge is 1.94. The van der Waals surface area contributed by atoms with Gasteiger partial charge in [0.05, 0.1) is 0 Å². The van der Waals surface area contributed by atoms with Gasteiger partial charge in [-0.3, -0.25) is 0 Å². The average Bonchev–Trinajstić information content (AvgIpc) is 2.26. The highest BCUT2D eigenvalue weighted by molar-refractivity contribution is 5.85. The molecule has 1 nitrogen and oxygen atoms in total. The Morgan fingerprint density at radius 2 is 1.73 bits per heavy atom. The van der Waals surface area contributed by atoms with Crippen LogP contribution in [0.5, 0.6) is 0 Å². The van der Waals surface area contributed by atoms with Gasteiger partial charge in [-0.25, -0.2) is 0 Å². The lowest BCUT2D eigenvalue weighted by Gasteiger charge is -2.02. The smallest absolute Gasteiger partial charge is 0.00114 e. The quantitative estimate of drug-likeness (QED) is 0.840. The number of nitrogens with one attached hydrogen (secondary N) is 1. The van der Waals surface area contributed by atoms with E-state index in [9.17, 15) is 0 Å². The molecule has 0 saturated heterocycles. The monoisotopic (exact) mass is 221 g/mol. The van der Waals surface area contributed by atoms with Crippen molar-refractivity contribution in [2.24, 2.45) is 0 Å². The first-order chi connectivity index (χ1) is 6.90. The molecule has 0 aliphatic rings. The lowest BCUT2D eigenvalue weighted by atomic mass is 10.1. The highest BCUT2D eigenvalue weighted by atomic mass is 35.5. The van der Waals surface area contributed by atoms with Crippen LogP contribution in [-0.2, 0) is 6.42 Å². The molecule has 0 heterocycles. The van der Waals surface area contributed by atoms with Crippen molar-refractivity contribution in [3.05, 3.63) is 48.0 Å². The predicted molar refractivity (Wildman–Crippen MR) is 68.8 cm³/mol. The minimum atomic E-state index is 0. The Labute approximate surface area is 96.9 Å². The minimum absolute atomic E-state index is 0. The average molecular weight is 222 g/mol. The topological polar surface area (TPSA) is 12.0 Å². The Morgan fingerprint density at radius 1 is 1.00 bits per heavy atom. The molecule has 0 spiro atoms. The molecule has 0 radical (unpaired) electrons. The molecule has 2 aromatic carbocycles. The van der Waals surface area contributed by atoms with Gasteiger partial charge < -0.3 is 5.32 Å². The summed E-state index contributed by atoms with van der Waals surface area (Å²) >= 11 is 0. The van der Waals surface area contributed by atoms with Gasteiger partial charge in [-0.2, -0.15) is 0 Å². The summed E-state index contributed by atoms with van der Waals surface area (Å²) < 4.78 is 0. The Bertz CT molecular complexity index is 426. The predicted octanol–water partition coefficient (Wildman–Crippen LogP) is 3.02. The third-order valence-electron chi connectivity index (χ3n) is 2.48. The van der Waals surface area contributed by atoms with Crippen molar-refractivity contribution in [1.29, 1.82) is 0 Å². The Morgan fingerprint density at radius 3 is 2.47 bits per heavy atom. The molecule has 2 aromatic rings. The number of hydrogen-bond acceptors (Lipinski definition) is 1. The van der Waals surface area contributed by atoms with E-state index in [0.29, 0.717) is 0 Å². The molecule has 0 fully saturated rings. The van der Waals surface area contributed by atoms with Crippen molar-refractivity contribution in [3.63, 3.8) is 0 Å². The molecule has 2 heteroatoms. The first kappa shape index (κ1) is 12.0. The summed E-state index contributed by atoms with van der Waals surface area (Å²) in [7, 11) is 1.99. The van der Waals surface area contributed by atoms with E-state index in [1.54, 1.807) is 0 Å². The summed E-state index contributed by atoms with van der Waals surface area (Å²) in [6.45, 7) is 1.04. The van der Waals surface area contributed by atoms with Crippen LogP contribution in [0.3, 0.4) is 0 Å². The zero-order chi connectivity index (χ0) is 9.80. The molecule has 0 bridgehead atoms. The van der Waals surface area contributed by atoms with E-state index in [1.165, 1.54) is 16.3 Å². The highest BCUT2D eigenvalue weighted by Crippen LogP contribution is 2.15. The summed E-state index contributed by atoms with van der Waals surface area (Å²) in [5.74, 6) is 0. The van der Waals surface area contributed by atoms with Gasteiger partial charge in [-0.05, 0) is 36.3 Å². The van der Waals surface area contributed by atoms with Crippen molar-refractivity contribution in [3.8, 4) is 0 Å². The largest absolute Gasteiger partial charge is 0.319 e. The number of fused-ring (bicyclic) bond motifs is 1. The second-order valence-corrected chi connectivity index (χ2v) is 3.54. The van der Waals surface area contributed by atoms with E-state index in [2.05, 4.69) is 47.8 Å². The van der Waals surface area contributed by atoms with E-state index in [-0.39, 0.29) is 12.4 Å².